The quantitative estimate of drug-likeness (QED) is 0.757. The number of fused-ring (bicyclic) bond motifs is 1. The third-order valence-corrected chi connectivity index (χ3v) is 5.46. The van der Waals surface area contributed by atoms with Crippen molar-refractivity contribution in [2.45, 2.75) is 31.8 Å². The fraction of sp³-hybridized carbons (Fsp3) is 0.474. The lowest BCUT2D eigenvalue weighted by atomic mass is 10.1. The Morgan fingerprint density at radius 2 is 2.07 bits per heavy atom. The van der Waals surface area contributed by atoms with Gasteiger partial charge in [-0.3, -0.25) is 9.59 Å². The summed E-state index contributed by atoms with van der Waals surface area (Å²) in [6, 6.07) is 5.73. The summed E-state index contributed by atoms with van der Waals surface area (Å²) >= 11 is 0. The van der Waals surface area contributed by atoms with E-state index in [9.17, 15) is 9.59 Å². The molecule has 0 saturated carbocycles. The zero-order valence-electron chi connectivity index (χ0n) is 15.4. The molecule has 1 aromatic heterocycles. The minimum atomic E-state index is 0.0816. The summed E-state index contributed by atoms with van der Waals surface area (Å²) in [5, 5.41) is 8.36. The number of ether oxygens (including phenoxy) is 2. The monoisotopic (exact) mass is 383 g/mol. The number of hydrogen-bond donors (Lipinski definition) is 0. The summed E-state index contributed by atoms with van der Waals surface area (Å²) in [6.45, 7) is 2.77. The van der Waals surface area contributed by atoms with E-state index in [1.165, 1.54) is 0 Å². The van der Waals surface area contributed by atoms with Crippen LogP contribution in [0.25, 0.3) is 0 Å². The molecule has 0 aliphatic carbocycles. The van der Waals surface area contributed by atoms with E-state index >= 15 is 0 Å². The summed E-state index contributed by atoms with van der Waals surface area (Å²) in [5.41, 5.74) is 1.71. The predicted molar refractivity (Wildman–Crippen MR) is 96.6 cm³/mol. The molecule has 0 unspecified atom stereocenters. The molecule has 4 heterocycles. The van der Waals surface area contributed by atoms with Gasteiger partial charge in [0.15, 0.2) is 11.5 Å². The van der Waals surface area contributed by atoms with Gasteiger partial charge in [0.25, 0.3) is 0 Å². The van der Waals surface area contributed by atoms with Crippen LogP contribution in [-0.2, 0) is 22.6 Å². The number of aromatic nitrogens is 3. The zero-order valence-corrected chi connectivity index (χ0v) is 15.4. The SMILES string of the molecule is O=C1CCCN1Cc1cn(C2CN(C(=O)Cc3ccc4c(c3)OCO4)C2)nn1. The van der Waals surface area contributed by atoms with Crippen molar-refractivity contribution in [1.29, 1.82) is 0 Å². The van der Waals surface area contributed by atoms with Gasteiger partial charge in [-0.05, 0) is 24.1 Å². The largest absolute Gasteiger partial charge is 0.454 e. The minimum Gasteiger partial charge on any atom is -0.454 e. The smallest absolute Gasteiger partial charge is 0.231 e. The molecule has 0 atom stereocenters. The number of carbonyl (C=O) groups is 2. The average Bonchev–Trinajstić information content (AvgIpc) is 3.36. The molecule has 0 bridgehead atoms. The van der Waals surface area contributed by atoms with Crippen LogP contribution in [0, 0.1) is 0 Å². The van der Waals surface area contributed by atoms with Gasteiger partial charge >= 0.3 is 0 Å². The normalized spacial score (nSPS) is 18.6. The number of rotatable bonds is 5. The fourth-order valence-corrected chi connectivity index (χ4v) is 3.79. The molecule has 1 aromatic carbocycles. The van der Waals surface area contributed by atoms with E-state index in [1.807, 2.05) is 34.2 Å². The van der Waals surface area contributed by atoms with E-state index < -0.39 is 0 Å². The Bertz CT molecular complexity index is 921. The third kappa shape index (κ3) is 3.17. The first-order valence-electron chi connectivity index (χ1n) is 9.50. The van der Waals surface area contributed by atoms with Gasteiger partial charge in [-0.15, -0.1) is 5.10 Å². The molecule has 9 heteroatoms. The Morgan fingerprint density at radius 1 is 1.21 bits per heavy atom. The van der Waals surface area contributed by atoms with Crippen molar-refractivity contribution in [3.05, 3.63) is 35.7 Å². The molecule has 2 saturated heterocycles. The maximum atomic E-state index is 12.5. The van der Waals surface area contributed by atoms with Gasteiger partial charge in [-0.2, -0.15) is 0 Å². The Balaban J connectivity index is 1.14. The van der Waals surface area contributed by atoms with Crippen molar-refractivity contribution in [2.24, 2.45) is 0 Å². The van der Waals surface area contributed by atoms with E-state index in [1.54, 1.807) is 4.68 Å². The topological polar surface area (TPSA) is 89.8 Å². The van der Waals surface area contributed by atoms with Crippen LogP contribution in [0.1, 0.15) is 30.1 Å². The Morgan fingerprint density at radius 3 is 2.89 bits per heavy atom. The molecule has 3 aliphatic heterocycles. The van der Waals surface area contributed by atoms with Gasteiger partial charge < -0.3 is 19.3 Å². The second kappa shape index (κ2) is 6.81. The highest BCUT2D eigenvalue weighted by Crippen LogP contribution is 2.33. The standard InChI is InChI=1S/C19H21N5O4/c25-18-2-1-5-22(18)8-14-9-24(21-20-14)15-10-23(11-15)19(26)7-13-3-4-16-17(6-13)28-12-27-16/h3-4,6,9,15H,1-2,5,7-8,10-12H2. The van der Waals surface area contributed by atoms with Crippen LogP contribution in [-0.4, -0.2) is 63.0 Å². The van der Waals surface area contributed by atoms with Crippen molar-refractivity contribution in [2.75, 3.05) is 26.4 Å². The van der Waals surface area contributed by atoms with E-state index in [0.29, 0.717) is 38.2 Å². The number of likely N-dealkylation sites (tertiary alicyclic amines) is 2. The van der Waals surface area contributed by atoms with E-state index in [-0.39, 0.29) is 24.6 Å². The van der Waals surface area contributed by atoms with Crippen molar-refractivity contribution < 1.29 is 19.1 Å². The van der Waals surface area contributed by atoms with Crippen LogP contribution in [0.4, 0.5) is 0 Å². The maximum Gasteiger partial charge on any atom is 0.231 e. The number of nitrogens with zero attached hydrogens (tertiary/aromatic N) is 5. The van der Waals surface area contributed by atoms with Crippen LogP contribution in [0.2, 0.25) is 0 Å². The highest BCUT2D eigenvalue weighted by atomic mass is 16.7. The number of carbonyl (C=O) groups excluding carboxylic acids is 2. The molecule has 2 amide bonds. The zero-order chi connectivity index (χ0) is 19.1. The third-order valence-electron chi connectivity index (χ3n) is 5.46. The first-order chi connectivity index (χ1) is 13.7. The molecule has 3 aliphatic rings. The summed E-state index contributed by atoms with van der Waals surface area (Å²) in [7, 11) is 0. The lowest BCUT2D eigenvalue weighted by Gasteiger charge is -2.39. The van der Waals surface area contributed by atoms with Gasteiger partial charge in [0.1, 0.15) is 5.69 Å². The van der Waals surface area contributed by atoms with E-state index in [2.05, 4.69) is 10.3 Å². The van der Waals surface area contributed by atoms with Gasteiger partial charge in [-0.25, -0.2) is 4.68 Å². The van der Waals surface area contributed by atoms with Gasteiger partial charge in [0, 0.05) is 26.1 Å². The lowest BCUT2D eigenvalue weighted by molar-refractivity contribution is -0.136. The molecule has 2 aromatic rings. The summed E-state index contributed by atoms with van der Waals surface area (Å²) < 4.78 is 12.5. The Kier molecular flexibility index (Phi) is 4.14. The molecule has 0 N–H and O–H groups in total. The second-order valence-corrected chi connectivity index (χ2v) is 7.43. The van der Waals surface area contributed by atoms with E-state index in [4.69, 9.17) is 9.47 Å². The number of amides is 2. The van der Waals surface area contributed by atoms with Gasteiger partial charge in [-0.1, -0.05) is 11.3 Å². The molecule has 0 spiro atoms. The first kappa shape index (κ1) is 17.0. The van der Waals surface area contributed by atoms with Crippen molar-refractivity contribution in [1.82, 2.24) is 24.8 Å². The fourth-order valence-electron chi connectivity index (χ4n) is 3.79. The molecule has 9 nitrogen and oxygen atoms in total. The maximum absolute atomic E-state index is 12.5. The van der Waals surface area contributed by atoms with Crippen LogP contribution in [0.15, 0.2) is 24.4 Å². The lowest BCUT2D eigenvalue weighted by Crippen LogP contribution is -2.51. The first-order valence-corrected chi connectivity index (χ1v) is 9.50. The van der Waals surface area contributed by atoms with Crippen LogP contribution < -0.4 is 9.47 Å². The molecular weight excluding hydrogens is 362 g/mol. The molecule has 0 radical (unpaired) electrons. The number of hydrogen-bond acceptors (Lipinski definition) is 6. The minimum absolute atomic E-state index is 0.0816. The average molecular weight is 383 g/mol. The van der Waals surface area contributed by atoms with Gasteiger partial charge in [0.2, 0.25) is 18.6 Å². The van der Waals surface area contributed by atoms with E-state index in [0.717, 1.165) is 30.0 Å². The summed E-state index contributed by atoms with van der Waals surface area (Å²) in [6.07, 6.45) is 3.76. The molecular formula is C19H21N5O4. The summed E-state index contributed by atoms with van der Waals surface area (Å²) in [4.78, 5) is 27.9. The Labute approximate surface area is 161 Å². The van der Waals surface area contributed by atoms with Crippen LogP contribution in [0.3, 0.4) is 0 Å². The molecule has 28 heavy (non-hydrogen) atoms. The van der Waals surface area contributed by atoms with Crippen molar-refractivity contribution in [3.8, 4) is 11.5 Å². The van der Waals surface area contributed by atoms with Crippen molar-refractivity contribution >= 4 is 11.8 Å². The van der Waals surface area contributed by atoms with Crippen LogP contribution >= 0.6 is 0 Å². The highest BCUT2D eigenvalue weighted by molar-refractivity contribution is 5.80. The predicted octanol–water partition coefficient (Wildman–Crippen LogP) is 0.755. The van der Waals surface area contributed by atoms with Crippen LogP contribution in [0.5, 0.6) is 11.5 Å². The van der Waals surface area contributed by atoms with Crippen molar-refractivity contribution in [3.63, 3.8) is 0 Å². The molecule has 146 valence electrons. The molecule has 2 fully saturated rings. The highest BCUT2D eigenvalue weighted by Gasteiger charge is 2.33. The Hall–Kier alpha value is -3.10. The van der Waals surface area contributed by atoms with Gasteiger partial charge in [0.05, 0.1) is 25.2 Å². The number of benzene rings is 1. The summed E-state index contributed by atoms with van der Waals surface area (Å²) in [5.74, 6) is 1.67. The second-order valence-electron chi connectivity index (χ2n) is 7.43. The molecule has 5 rings (SSSR count).